The van der Waals surface area contributed by atoms with Crippen molar-refractivity contribution in [3.63, 3.8) is 0 Å². The second-order valence-electron chi connectivity index (χ2n) is 5.91. The van der Waals surface area contributed by atoms with Crippen molar-refractivity contribution in [3.05, 3.63) is 29.6 Å². The molecule has 2 aliphatic heterocycles. The van der Waals surface area contributed by atoms with E-state index in [1.54, 1.807) is 4.90 Å². The Balaban J connectivity index is 1.82. The van der Waals surface area contributed by atoms with Crippen molar-refractivity contribution in [1.29, 1.82) is 0 Å². The first kappa shape index (κ1) is 14.4. The molecule has 0 N–H and O–H groups in total. The van der Waals surface area contributed by atoms with Crippen LogP contribution in [0, 0.1) is 11.8 Å². The Kier molecular flexibility index (Phi) is 3.89. The van der Waals surface area contributed by atoms with Crippen LogP contribution in [0.2, 0.25) is 0 Å². The first-order chi connectivity index (χ1) is 10.1. The molecule has 2 atom stereocenters. The average molecular weight is 295 g/mol. The van der Waals surface area contributed by atoms with Crippen molar-refractivity contribution in [1.82, 2.24) is 14.8 Å². The summed E-state index contributed by atoms with van der Waals surface area (Å²) in [6, 6.07) is 1.59. The number of halogens is 2. The molecule has 1 aromatic heterocycles. The third kappa shape index (κ3) is 2.64. The predicted molar refractivity (Wildman–Crippen MR) is 73.9 cm³/mol. The quantitative estimate of drug-likeness (QED) is 0.744. The minimum absolute atomic E-state index is 0.00229. The molecule has 2 saturated heterocycles. The fourth-order valence-corrected chi connectivity index (χ4v) is 3.37. The molecule has 0 bridgehead atoms. The Morgan fingerprint density at radius 1 is 1.33 bits per heavy atom. The monoisotopic (exact) mass is 295 g/mol. The smallest absolute Gasteiger partial charge is 0.257 e. The zero-order valence-corrected chi connectivity index (χ0v) is 12.1. The summed E-state index contributed by atoms with van der Waals surface area (Å²) >= 11 is 0. The van der Waals surface area contributed by atoms with Crippen molar-refractivity contribution in [2.24, 2.45) is 0 Å². The molecule has 1 amide bonds. The normalized spacial score (nSPS) is 26.5. The van der Waals surface area contributed by atoms with Gasteiger partial charge in [-0.3, -0.25) is 9.69 Å². The number of hydrogen-bond donors (Lipinski definition) is 0. The lowest BCUT2D eigenvalue weighted by Gasteiger charge is -2.47. The number of amides is 1. The molecular formula is C15H19F2N3O. The van der Waals surface area contributed by atoms with Crippen LogP contribution >= 0.6 is 0 Å². The Hall–Kier alpha value is -1.56. The van der Waals surface area contributed by atoms with Crippen molar-refractivity contribution >= 4 is 5.91 Å². The Morgan fingerprint density at radius 3 is 2.95 bits per heavy atom. The third-order valence-corrected chi connectivity index (χ3v) is 4.53. The lowest BCUT2D eigenvalue weighted by molar-refractivity contribution is 0.0148. The number of nitrogens with zero attached hydrogens (tertiary/aromatic N) is 3. The average Bonchev–Trinajstić information content (AvgIpc) is 2.48. The fourth-order valence-electron chi connectivity index (χ4n) is 3.37. The van der Waals surface area contributed by atoms with Crippen LogP contribution in [0.3, 0.4) is 0 Å². The molecule has 4 nitrogen and oxygen atoms in total. The Morgan fingerprint density at radius 2 is 2.14 bits per heavy atom. The molecule has 0 aromatic carbocycles. The van der Waals surface area contributed by atoms with Gasteiger partial charge in [0.05, 0.1) is 5.56 Å². The SMILES string of the molecule is CC1CN2CCCCC2CN1C(=O)c1ccnc(F)c1F. The molecule has 0 saturated carbocycles. The van der Waals surface area contributed by atoms with Gasteiger partial charge >= 0.3 is 0 Å². The lowest BCUT2D eigenvalue weighted by Crippen LogP contribution is -2.60. The van der Waals surface area contributed by atoms with E-state index in [2.05, 4.69) is 9.88 Å². The number of pyridine rings is 1. The van der Waals surface area contributed by atoms with Crippen LogP contribution in [0.15, 0.2) is 12.3 Å². The molecule has 1 aromatic rings. The Bertz CT molecular complexity index is 552. The molecule has 21 heavy (non-hydrogen) atoms. The number of aromatic nitrogens is 1. The van der Waals surface area contributed by atoms with Gasteiger partial charge in [-0.05, 0) is 32.4 Å². The third-order valence-electron chi connectivity index (χ3n) is 4.53. The van der Waals surface area contributed by atoms with Crippen LogP contribution < -0.4 is 0 Å². The van der Waals surface area contributed by atoms with Crippen LogP contribution in [-0.4, -0.2) is 52.4 Å². The van der Waals surface area contributed by atoms with E-state index in [-0.39, 0.29) is 11.6 Å². The maximum absolute atomic E-state index is 13.8. The zero-order chi connectivity index (χ0) is 15.0. The van der Waals surface area contributed by atoms with E-state index >= 15 is 0 Å². The second kappa shape index (κ2) is 5.67. The van der Waals surface area contributed by atoms with E-state index in [4.69, 9.17) is 0 Å². The van der Waals surface area contributed by atoms with E-state index in [0.717, 1.165) is 32.1 Å². The number of carbonyl (C=O) groups is 1. The van der Waals surface area contributed by atoms with Crippen molar-refractivity contribution in [2.75, 3.05) is 19.6 Å². The van der Waals surface area contributed by atoms with Crippen LogP contribution in [0.25, 0.3) is 0 Å². The van der Waals surface area contributed by atoms with E-state index < -0.39 is 17.7 Å². The number of rotatable bonds is 1. The highest BCUT2D eigenvalue weighted by molar-refractivity contribution is 5.94. The van der Waals surface area contributed by atoms with E-state index in [1.165, 1.54) is 12.5 Å². The molecule has 3 rings (SSSR count). The van der Waals surface area contributed by atoms with Crippen molar-refractivity contribution in [2.45, 2.75) is 38.3 Å². The largest absolute Gasteiger partial charge is 0.333 e. The molecule has 0 aliphatic carbocycles. The van der Waals surface area contributed by atoms with Gasteiger partial charge in [-0.1, -0.05) is 6.42 Å². The predicted octanol–water partition coefficient (Wildman–Crippen LogP) is 2.06. The summed E-state index contributed by atoms with van der Waals surface area (Å²) in [7, 11) is 0. The van der Waals surface area contributed by atoms with Gasteiger partial charge in [0.15, 0.2) is 5.82 Å². The molecule has 6 heteroatoms. The number of piperazine rings is 1. The summed E-state index contributed by atoms with van der Waals surface area (Å²) in [6.07, 6.45) is 4.55. The minimum Gasteiger partial charge on any atom is -0.333 e. The fraction of sp³-hybridized carbons (Fsp3) is 0.600. The highest BCUT2D eigenvalue weighted by Crippen LogP contribution is 2.25. The van der Waals surface area contributed by atoms with E-state index in [0.29, 0.717) is 12.6 Å². The molecule has 3 heterocycles. The van der Waals surface area contributed by atoms with Gasteiger partial charge in [-0.2, -0.15) is 4.39 Å². The Labute approximate surface area is 122 Å². The molecule has 114 valence electrons. The summed E-state index contributed by atoms with van der Waals surface area (Å²) in [6.45, 7) is 4.41. The van der Waals surface area contributed by atoms with Crippen LogP contribution in [0.5, 0.6) is 0 Å². The maximum Gasteiger partial charge on any atom is 0.257 e. The van der Waals surface area contributed by atoms with Gasteiger partial charge in [-0.25, -0.2) is 9.37 Å². The summed E-state index contributed by atoms with van der Waals surface area (Å²) in [5.41, 5.74) is -0.224. The van der Waals surface area contributed by atoms with Gasteiger partial charge < -0.3 is 4.90 Å². The van der Waals surface area contributed by atoms with E-state index in [9.17, 15) is 13.6 Å². The van der Waals surface area contributed by atoms with Crippen LogP contribution in [-0.2, 0) is 0 Å². The summed E-state index contributed by atoms with van der Waals surface area (Å²) in [5.74, 6) is -2.81. The molecular weight excluding hydrogens is 276 g/mol. The second-order valence-corrected chi connectivity index (χ2v) is 5.91. The van der Waals surface area contributed by atoms with Gasteiger partial charge in [0.1, 0.15) is 0 Å². The molecule has 2 unspecified atom stereocenters. The maximum atomic E-state index is 13.8. The highest BCUT2D eigenvalue weighted by atomic mass is 19.2. The minimum atomic E-state index is -1.22. The molecule has 0 spiro atoms. The van der Waals surface area contributed by atoms with E-state index in [1.807, 2.05) is 6.92 Å². The molecule has 2 aliphatic rings. The first-order valence-corrected chi connectivity index (χ1v) is 7.43. The van der Waals surface area contributed by atoms with Crippen LogP contribution in [0.1, 0.15) is 36.5 Å². The summed E-state index contributed by atoms with van der Waals surface area (Å²) < 4.78 is 27.0. The number of fused-ring (bicyclic) bond motifs is 1. The first-order valence-electron chi connectivity index (χ1n) is 7.43. The topological polar surface area (TPSA) is 36.4 Å². The van der Waals surface area contributed by atoms with Gasteiger partial charge in [0.2, 0.25) is 5.95 Å². The summed E-state index contributed by atoms with van der Waals surface area (Å²) in [5, 5.41) is 0. The highest BCUT2D eigenvalue weighted by Gasteiger charge is 2.36. The lowest BCUT2D eigenvalue weighted by atomic mass is 9.96. The zero-order valence-electron chi connectivity index (χ0n) is 12.1. The molecule has 2 fully saturated rings. The van der Waals surface area contributed by atoms with Gasteiger partial charge in [0.25, 0.3) is 5.91 Å². The van der Waals surface area contributed by atoms with Gasteiger partial charge in [0, 0.05) is 31.4 Å². The number of hydrogen-bond acceptors (Lipinski definition) is 3. The number of piperidine rings is 1. The standard InChI is InChI=1S/C15H19F2N3O/c1-10-8-19-7-3-2-4-11(19)9-20(10)15(21)12-5-6-18-14(17)13(12)16/h5-6,10-11H,2-4,7-9H2,1H3. The molecule has 0 radical (unpaired) electrons. The summed E-state index contributed by atoms with van der Waals surface area (Å²) in [4.78, 5) is 19.8. The van der Waals surface area contributed by atoms with Gasteiger partial charge in [-0.15, -0.1) is 0 Å². The van der Waals surface area contributed by atoms with Crippen molar-refractivity contribution in [3.8, 4) is 0 Å². The van der Waals surface area contributed by atoms with Crippen molar-refractivity contribution < 1.29 is 13.6 Å². The number of carbonyl (C=O) groups excluding carboxylic acids is 1. The van der Waals surface area contributed by atoms with Crippen LogP contribution in [0.4, 0.5) is 8.78 Å².